The van der Waals surface area contributed by atoms with Gasteiger partial charge in [0.1, 0.15) is 0 Å². The number of likely N-dealkylation sites (tertiary alicyclic amines) is 2. The molecule has 0 aromatic carbocycles. The standard InChI is InChI=1S/C20H29N3O3/c24-19-1-4-20(16-23(19)13-17-2-7-21-8-3-17)5-9-22(10-6-20)14-18-15-25-11-12-26-18/h2-3,7-8,18H,1,4-6,9-16H2. The SMILES string of the molecule is O=C1CCC2(CCN(CC3COCCO3)CC2)CN1Cc1ccncc1. The highest BCUT2D eigenvalue weighted by Gasteiger charge is 2.41. The van der Waals surface area contributed by atoms with E-state index in [9.17, 15) is 4.79 Å². The molecule has 0 N–H and O–H groups in total. The third-order valence-electron chi connectivity index (χ3n) is 6.13. The maximum atomic E-state index is 12.4. The summed E-state index contributed by atoms with van der Waals surface area (Å²) in [6.45, 7) is 6.92. The van der Waals surface area contributed by atoms with Crippen LogP contribution in [0.3, 0.4) is 0 Å². The molecule has 1 aromatic rings. The molecule has 26 heavy (non-hydrogen) atoms. The Hall–Kier alpha value is -1.50. The first-order valence-corrected chi connectivity index (χ1v) is 9.81. The molecule has 3 aliphatic rings. The molecule has 1 aromatic heterocycles. The van der Waals surface area contributed by atoms with Gasteiger partial charge in [-0.15, -0.1) is 0 Å². The highest BCUT2D eigenvalue weighted by Crippen LogP contribution is 2.40. The van der Waals surface area contributed by atoms with Crippen LogP contribution in [0.5, 0.6) is 0 Å². The normalized spacial score (nSPS) is 27.0. The zero-order valence-electron chi connectivity index (χ0n) is 15.4. The van der Waals surface area contributed by atoms with Gasteiger partial charge in [0.15, 0.2) is 0 Å². The molecule has 6 nitrogen and oxygen atoms in total. The number of carbonyl (C=O) groups is 1. The molecular weight excluding hydrogens is 330 g/mol. The van der Waals surface area contributed by atoms with Crippen LogP contribution < -0.4 is 0 Å². The quantitative estimate of drug-likeness (QED) is 0.819. The predicted octanol–water partition coefficient (Wildman–Crippen LogP) is 1.70. The zero-order chi connectivity index (χ0) is 17.8. The largest absolute Gasteiger partial charge is 0.376 e. The lowest BCUT2D eigenvalue weighted by Crippen LogP contribution is -2.52. The summed E-state index contributed by atoms with van der Waals surface area (Å²) in [4.78, 5) is 21.1. The Kier molecular flexibility index (Phi) is 5.52. The highest BCUT2D eigenvalue weighted by molar-refractivity contribution is 5.77. The van der Waals surface area contributed by atoms with Gasteiger partial charge in [0, 0.05) is 38.4 Å². The van der Waals surface area contributed by atoms with Gasteiger partial charge in [0.05, 0.1) is 25.9 Å². The molecule has 1 unspecified atom stereocenters. The second-order valence-electron chi connectivity index (χ2n) is 7.97. The van der Waals surface area contributed by atoms with Crippen LogP contribution in [-0.4, -0.2) is 72.8 Å². The average molecular weight is 359 g/mol. The number of hydrogen-bond acceptors (Lipinski definition) is 5. The van der Waals surface area contributed by atoms with Gasteiger partial charge in [-0.2, -0.15) is 0 Å². The smallest absolute Gasteiger partial charge is 0.222 e. The van der Waals surface area contributed by atoms with E-state index in [1.807, 2.05) is 12.1 Å². The summed E-state index contributed by atoms with van der Waals surface area (Å²) >= 11 is 0. The van der Waals surface area contributed by atoms with Crippen molar-refractivity contribution in [1.82, 2.24) is 14.8 Å². The molecule has 3 saturated heterocycles. The Morgan fingerprint density at radius 2 is 1.96 bits per heavy atom. The Morgan fingerprint density at radius 1 is 1.15 bits per heavy atom. The first-order chi connectivity index (χ1) is 12.7. The number of amides is 1. The fourth-order valence-electron chi connectivity index (χ4n) is 4.50. The maximum absolute atomic E-state index is 12.4. The van der Waals surface area contributed by atoms with Crippen LogP contribution in [0.1, 0.15) is 31.2 Å². The number of ether oxygens (including phenoxy) is 2. The lowest BCUT2D eigenvalue weighted by Gasteiger charge is -2.48. The van der Waals surface area contributed by atoms with Crippen LogP contribution in [0, 0.1) is 5.41 Å². The van der Waals surface area contributed by atoms with Crippen molar-refractivity contribution in [2.45, 2.75) is 38.3 Å². The fourth-order valence-corrected chi connectivity index (χ4v) is 4.50. The van der Waals surface area contributed by atoms with Crippen molar-refractivity contribution in [2.24, 2.45) is 5.41 Å². The first-order valence-electron chi connectivity index (χ1n) is 9.81. The van der Waals surface area contributed by atoms with E-state index < -0.39 is 0 Å². The van der Waals surface area contributed by atoms with Crippen molar-refractivity contribution in [3.8, 4) is 0 Å². The number of carbonyl (C=O) groups excluding carboxylic acids is 1. The van der Waals surface area contributed by atoms with Crippen molar-refractivity contribution >= 4 is 5.91 Å². The number of piperidine rings is 2. The molecular formula is C20H29N3O3. The Labute approximate surface area is 155 Å². The van der Waals surface area contributed by atoms with Gasteiger partial charge in [-0.25, -0.2) is 0 Å². The van der Waals surface area contributed by atoms with Gasteiger partial charge in [-0.05, 0) is 55.5 Å². The van der Waals surface area contributed by atoms with E-state index >= 15 is 0 Å². The van der Waals surface area contributed by atoms with E-state index in [0.29, 0.717) is 30.9 Å². The lowest BCUT2D eigenvalue weighted by atomic mass is 9.72. The van der Waals surface area contributed by atoms with E-state index in [0.717, 1.165) is 51.4 Å². The lowest BCUT2D eigenvalue weighted by molar-refractivity contribution is -0.140. The third kappa shape index (κ3) is 4.24. The topological polar surface area (TPSA) is 54.9 Å². The van der Waals surface area contributed by atoms with Crippen molar-refractivity contribution in [3.63, 3.8) is 0 Å². The Bertz CT molecular complexity index is 596. The average Bonchev–Trinajstić information content (AvgIpc) is 2.69. The summed E-state index contributed by atoms with van der Waals surface area (Å²) in [6.07, 6.45) is 7.88. The van der Waals surface area contributed by atoms with Crippen LogP contribution >= 0.6 is 0 Å². The molecule has 3 aliphatic heterocycles. The van der Waals surface area contributed by atoms with Crippen LogP contribution in [0.25, 0.3) is 0 Å². The second-order valence-corrected chi connectivity index (χ2v) is 7.97. The summed E-state index contributed by atoms with van der Waals surface area (Å²) < 4.78 is 11.3. The molecule has 0 radical (unpaired) electrons. The first kappa shape index (κ1) is 17.9. The fraction of sp³-hybridized carbons (Fsp3) is 0.700. The van der Waals surface area contributed by atoms with Crippen molar-refractivity contribution in [1.29, 1.82) is 0 Å². The minimum absolute atomic E-state index is 0.217. The summed E-state index contributed by atoms with van der Waals surface area (Å²) in [5.74, 6) is 0.294. The van der Waals surface area contributed by atoms with Crippen LogP contribution in [0.4, 0.5) is 0 Å². The molecule has 1 amide bonds. The monoisotopic (exact) mass is 359 g/mol. The van der Waals surface area contributed by atoms with E-state index in [4.69, 9.17) is 9.47 Å². The maximum Gasteiger partial charge on any atom is 0.222 e. The molecule has 1 atom stereocenters. The van der Waals surface area contributed by atoms with Crippen molar-refractivity contribution in [2.75, 3.05) is 46.0 Å². The highest BCUT2D eigenvalue weighted by atomic mass is 16.6. The van der Waals surface area contributed by atoms with Crippen molar-refractivity contribution < 1.29 is 14.3 Å². The number of nitrogens with zero attached hydrogens (tertiary/aromatic N) is 3. The van der Waals surface area contributed by atoms with Gasteiger partial charge < -0.3 is 19.3 Å². The van der Waals surface area contributed by atoms with E-state index in [2.05, 4.69) is 14.8 Å². The zero-order valence-corrected chi connectivity index (χ0v) is 15.4. The van der Waals surface area contributed by atoms with E-state index in [1.54, 1.807) is 12.4 Å². The molecule has 4 rings (SSSR count). The number of rotatable bonds is 4. The van der Waals surface area contributed by atoms with Crippen LogP contribution in [0.15, 0.2) is 24.5 Å². The molecule has 4 heterocycles. The molecule has 142 valence electrons. The van der Waals surface area contributed by atoms with Gasteiger partial charge in [0.2, 0.25) is 5.91 Å². The molecule has 3 fully saturated rings. The number of pyridine rings is 1. The van der Waals surface area contributed by atoms with Crippen molar-refractivity contribution in [3.05, 3.63) is 30.1 Å². The molecule has 0 saturated carbocycles. The minimum Gasteiger partial charge on any atom is -0.376 e. The summed E-state index contributed by atoms with van der Waals surface area (Å²) in [7, 11) is 0. The molecule has 6 heteroatoms. The second kappa shape index (κ2) is 8.03. The molecule has 0 bridgehead atoms. The third-order valence-corrected chi connectivity index (χ3v) is 6.13. The minimum atomic E-state index is 0.217. The van der Waals surface area contributed by atoms with E-state index in [1.165, 1.54) is 12.8 Å². The van der Waals surface area contributed by atoms with Gasteiger partial charge in [-0.3, -0.25) is 9.78 Å². The van der Waals surface area contributed by atoms with Gasteiger partial charge >= 0.3 is 0 Å². The predicted molar refractivity (Wildman–Crippen MR) is 97.6 cm³/mol. The van der Waals surface area contributed by atoms with Gasteiger partial charge in [0.25, 0.3) is 0 Å². The van der Waals surface area contributed by atoms with E-state index in [-0.39, 0.29) is 6.10 Å². The molecule has 1 spiro atoms. The van der Waals surface area contributed by atoms with Gasteiger partial charge in [-0.1, -0.05) is 0 Å². The Morgan fingerprint density at radius 3 is 2.69 bits per heavy atom. The van der Waals surface area contributed by atoms with Crippen LogP contribution in [-0.2, 0) is 20.8 Å². The Balaban J connectivity index is 1.32. The number of hydrogen-bond donors (Lipinski definition) is 0. The molecule has 0 aliphatic carbocycles. The number of aromatic nitrogens is 1. The summed E-state index contributed by atoms with van der Waals surface area (Å²) in [6, 6.07) is 4.01. The summed E-state index contributed by atoms with van der Waals surface area (Å²) in [5, 5.41) is 0. The van der Waals surface area contributed by atoms with Crippen LogP contribution in [0.2, 0.25) is 0 Å². The summed E-state index contributed by atoms with van der Waals surface area (Å²) in [5.41, 5.74) is 1.46.